The fourth-order valence-corrected chi connectivity index (χ4v) is 1.52. The zero-order chi connectivity index (χ0) is 7.84. The van der Waals surface area contributed by atoms with Crippen molar-refractivity contribution < 1.29 is 0 Å². The lowest BCUT2D eigenvalue weighted by Crippen LogP contribution is -1.80. The summed E-state index contributed by atoms with van der Waals surface area (Å²) in [4.78, 5) is 7.94. The van der Waals surface area contributed by atoms with Crippen molar-refractivity contribution in [3.05, 3.63) is 15.5 Å². The third-order valence-corrected chi connectivity index (χ3v) is 2.38. The van der Waals surface area contributed by atoms with Gasteiger partial charge in [-0.3, -0.25) is 5.10 Å². The van der Waals surface area contributed by atoms with Gasteiger partial charge in [0.2, 0.25) is 0 Å². The Morgan fingerprint density at radius 1 is 1.18 bits per heavy atom. The fourth-order valence-electron chi connectivity index (χ4n) is 0.775. The van der Waals surface area contributed by atoms with Gasteiger partial charge in [-0.2, -0.15) is 5.10 Å². The van der Waals surface area contributed by atoms with Gasteiger partial charge in [0.15, 0.2) is 0 Å². The molecule has 11 heavy (non-hydrogen) atoms. The highest BCUT2D eigenvalue weighted by Crippen LogP contribution is 2.22. The third-order valence-electron chi connectivity index (χ3n) is 1.25. The highest BCUT2D eigenvalue weighted by Gasteiger charge is 2.06. The first kappa shape index (κ1) is 7.17. The molecule has 0 saturated carbocycles. The molecular formula is C5H2Br2N4. The monoisotopic (exact) mass is 276 g/mol. The smallest absolute Gasteiger partial charge is 0.145 e. The Balaban J connectivity index is 2.94. The first-order valence-corrected chi connectivity index (χ1v) is 4.37. The number of fused-ring (bicyclic) bond motifs is 1. The summed E-state index contributed by atoms with van der Waals surface area (Å²) in [5.41, 5.74) is 1.52. The Kier molecular flexibility index (Phi) is 1.65. The molecule has 0 aromatic carbocycles. The van der Waals surface area contributed by atoms with Crippen LogP contribution < -0.4 is 0 Å². The van der Waals surface area contributed by atoms with Crippen LogP contribution in [-0.2, 0) is 0 Å². The van der Waals surface area contributed by atoms with E-state index in [4.69, 9.17) is 0 Å². The standard InChI is InChI=1S/C5H2Br2N4/c6-4-3-2(8-1-9-4)5(7)11-10-3/h1H,(H,10,11). The molecule has 1 N–H and O–H groups in total. The molecule has 0 saturated heterocycles. The minimum Gasteiger partial charge on any atom is -0.268 e. The van der Waals surface area contributed by atoms with Gasteiger partial charge in [0.1, 0.15) is 26.6 Å². The predicted molar refractivity (Wildman–Crippen MR) is 47.1 cm³/mol. The number of aromatic nitrogens is 4. The molecule has 2 aromatic heterocycles. The molecule has 0 atom stereocenters. The number of halogens is 2. The first-order chi connectivity index (χ1) is 5.29. The van der Waals surface area contributed by atoms with E-state index in [1.165, 1.54) is 6.33 Å². The van der Waals surface area contributed by atoms with Gasteiger partial charge in [0.05, 0.1) is 0 Å². The van der Waals surface area contributed by atoms with E-state index >= 15 is 0 Å². The van der Waals surface area contributed by atoms with E-state index in [2.05, 4.69) is 52.0 Å². The van der Waals surface area contributed by atoms with Gasteiger partial charge < -0.3 is 0 Å². The van der Waals surface area contributed by atoms with Gasteiger partial charge in [-0.15, -0.1) is 0 Å². The van der Waals surface area contributed by atoms with Crippen LogP contribution in [0.15, 0.2) is 15.5 Å². The van der Waals surface area contributed by atoms with Crippen LogP contribution in [0.25, 0.3) is 11.0 Å². The van der Waals surface area contributed by atoms with Crippen molar-refractivity contribution >= 4 is 42.9 Å². The number of hydrogen-bond donors (Lipinski definition) is 1. The van der Waals surface area contributed by atoms with E-state index in [1.54, 1.807) is 0 Å². The summed E-state index contributed by atoms with van der Waals surface area (Å²) >= 11 is 6.53. The van der Waals surface area contributed by atoms with E-state index in [-0.39, 0.29) is 0 Å². The first-order valence-electron chi connectivity index (χ1n) is 2.79. The van der Waals surface area contributed by atoms with Crippen LogP contribution in [0.4, 0.5) is 0 Å². The van der Waals surface area contributed by atoms with Crippen LogP contribution in [0.2, 0.25) is 0 Å². The van der Waals surface area contributed by atoms with E-state index in [1.807, 2.05) is 0 Å². The molecule has 0 aliphatic carbocycles. The Morgan fingerprint density at radius 2 is 2.00 bits per heavy atom. The topological polar surface area (TPSA) is 54.5 Å². The number of H-pyrrole nitrogens is 1. The van der Waals surface area contributed by atoms with E-state index < -0.39 is 0 Å². The highest BCUT2D eigenvalue weighted by atomic mass is 79.9. The maximum Gasteiger partial charge on any atom is 0.145 e. The summed E-state index contributed by atoms with van der Waals surface area (Å²) < 4.78 is 1.47. The van der Waals surface area contributed by atoms with Crippen molar-refractivity contribution in [1.82, 2.24) is 20.2 Å². The summed E-state index contributed by atoms with van der Waals surface area (Å²) in [6.45, 7) is 0. The molecule has 0 spiro atoms. The molecule has 0 radical (unpaired) electrons. The Bertz CT molecular complexity index is 396. The van der Waals surface area contributed by atoms with Crippen LogP contribution in [0, 0.1) is 0 Å². The number of nitrogens with zero attached hydrogens (tertiary/aromatic N) is 3. The normalized spacial score (nSPS) is 10.7. The van der Waals surface area contributed by atoms with Crippen molar-refractivity contribution in [2.24, 2.45) is 0 Å². The zero-order valence-corrected chi connectivity index (χ0v) is 8.35. The lowest BCUT2D eigenvalue weighted by Gasteiger charge is -1.87. The van der Waals surface area contributed by atoms with Crippen molar-refractivity contribution in [1.29, 1.82) is 0 Å². The summed E-state index contributed by atoms with van der Waals surface area (Å²) in [6.07, 6.45) is 1.48. The fraction of sp³-hybridized carbons (Fsp3) is 0. The Hall–Kier alpha value is -0.490. The summed E-state index contributed by atoms with van der Waals surface area (Å²) in [6, 6.07) is 0. The molecule has 0 aliphatic heterocycles. The van der Waals surface area contributed by atoms with E-state index in [0.717, 1.165) is 15.6 Å². The van der Waals surface area contributed by atoms with Gasteiger partial charge in [-0.25, -0.2) is 9.97 Å². The maximum atomic E-state index is 4.02. The van der Waals surface area contributed by atoms with Gasteiger partial charge in [0.25, 0.3) is 0 Å². The zero-order valence-electron chi connectivity index (χ0n) is 5.17. The van der Waals surface area contributed by atoms with Crippen molar-refractivity contribution in [2.45, 2.75) is 0 Å². The van der Waals surface area contributed by atoms with Crippen molar-refractivity contribution in [3.8, 4) is 0 Å². The summed E-state index contributed by atoms with van der Waals surface area (Å²) in [5.74, 6) is 0. The average Bonchev–Trinajstić information content (AvgIpc) is 2.35. The second-order valence-electron chi connectivity index (χ2n) is 1.90. The number of nitrogens with one attached hydrogen (secondary N) is 1. The molecular weight excluding hydrogens is 276 g/mol. The van der Waals surface area contributed by atoms with Crippen LogP contribution in [0.5, 0.6) is 0 Å². The van der Waals surface area contributed by atoms with Crippen LogP contribution in [-0.4, -0.2) is 20.2 Å². The minimum absolute atomic E-state index is 0.699. The Labute approximate surface area is 78.7 Å². The molecule has 0 bridgehead atoms. The molecule has 2 aromatic rings. The predicted octanol–water partition coefficient (Wildman–Crippen LogP) is 1.88. The molecule has 2 heterocycles. The number of hydrogen-bond acceptors (Lipinski definition) is 3. The minimum atomic E-state index is 0.699. The third kappa shape index (κ3) is 1.06. The van der Waals surface area contributed by atoms with Crippen LogP contribution >= 0.6 is 31.9 Å². The molecule has 0 unspecified atom stereocenters. The second-order valence-corrected chi connectivity index (χ2v) is 3.44. The maximum absolute atomic E-state index is 4.02. The Morgan fingerprint density at radius 3 is 2.73 bits per heavy atom. The molecule has 0 aliphatic rings. The lowest BCUT2D eigenvalue weighted by atomic mass is 10.5. The van der Waals surface area contributed by atoms with Crippen molar-refractivity contribution in [3.63, 3.8) is 0 Å². The largest absolute Gasteiger partial charge is 0.268 e. The lowest BCUT2D eigenvalue weighted by molar-refractivity contribution is 1.09. The van der Waals surface area contributed by atoms with Gasteiger partial charge in [-0.05, 0) is 31.9 Å². The molecule has 56 valence electrons. The van der Waals surface area contributed by atoms with Crippen molar-refractivity contribution in [2.75, 3.05) is 0 Å². The van der Waals surface area contributed by atoms with Gasteiger partial charge in [-0.1, -0.05) is 0 Å². The molecule has 6 heteroatoms. The number of rotatable bonds is 0. The molecule has 2 rings (SSSR count). The van der Waals surface area contributed by atoms with Gasteiger partial charge >= 0.3 is 0 Å². The molecule has 4 nitrogen and oxygen atoms in total. The van der Waals surface area contributed by atoms with Crippen LogP contribution in [0.3, 0.4) is 0 Å². The molecule has 0 fully saturated rings. The number of aromatic amines is 1. The van der Waals surface area contributed by atoms with E-state index in [0.29, 0.717) is 4.60 Å². The summed E-state index contributed by atoms with van der Waals surface area (Å²) in [5, 5.41) is 6.73. The van der Waals surface area contributed by atoms with E-state index in [9.17, 15) is 0 Å². The summed E-state index contributed by atoms with van der Waals surface area (Å²) in [7, 11) is 0. The second kappa shape index (κ2) is 2.53. The van der Waals surface area contributed by atoms with Crippen LogP contribution in [0.1, 0.15) is 0 Å². The quantitative estimate of drug-likeness (QED) is 0.748. The average molecular weight is 278 g/mol. The SMILES string of the molecule is Brc1ncnc2c(Br)[nH]nc12. The molecule has 0 amide bonds. The van der Waals surface area contributed by atoms with Gasteiger partial charge in [0, 0.05) is 0 Å². The highest BCUT2D eigenvalue weighted by molar-refractivity contribution is 9.11.